The van der Waals surface area contributed by atoms with Crippen molar-refractivity contribution in [2.75, 3.05) is 19.3 Å². The number of hydrogen-bond donors (Lipinski definition) is 1. The van der Waals surface area contributed by atoms with Crippen molar-refractivity contribution in [1.82, 2.24) is 9.88 Å². The maximum absolute atomic E-state index is 12.4. The van der Waals surface area contributed by atoms with Crippen LogP contribution in [-0.2, 0) is 0 Å². The summed E-state index contributed by atoms with van der Waals surface area (Å²) in [5.41, 5.74) is 7.50. The molecule has 5 heteroatoms. The number of rotatable bonds is 2. The molecule has 2 aromatic heterocycles. The highest BCUT2D eigenvalue weighted by atomic mass is 32.1. The minimum atomic E-state index is -0.169. The zero-order chi connectivity index (χ0) is 15.0. The first-order valence-corrected chi connectivity index (χ1v) is 7.20. The highest BCUT2D eigenvalue weighted by Crippen LogP contribution is 2.35. The number of nitrogen functional groups attached to an aromatic ring is 1. The van der Waals surface area contributed by atoms with Crippen molar-refractivity contribution < 1.29 is 4.79 Å². The van der Waals surface area contributed by atoms with Gasteiger partial charge in [0.2, 0.25) is 0 Å². The van der Waals surface area contributed by atoms with Crippen LogP contribution in [0.4, 0.5) is 5.69 Å². The van der Waals surface area contributed by atoms with Crippen molar-refractivity contribution in [3.8, 4) is 12.3 Å². The van der Waals surface area contributed by atoms with E-state index in [4.69, 9.17) is 12.2 Å². The van der Waals surface area contributed by atoms with Crippen LogP contribution in [0, 0.1) is 12.3 Å². The van der Waals surface area contributed by atoms with Crippen LogP contribution in [0.2, 0.25) is 0 Å². The van der Waals surface area contributed by atoms with Crippen LogP contribution in [0.1, 0.15) is 9.67 Å². The third-order valence-electron chi connectivity index (χ3n) is 3.29. The highest BCUT2D eigenvalue weighted by Gasteiger charge is 2.20. The molecule has 2 heterocycles. The first kappa shape index (κ1) is 13.4. The molecule has 21 heavy (non-hydrogen) atoms. The number of nitrogens with zero attached hydrogens (tertiary/aromatic N) is 2. The number of thiophene rings is 1. The fraction of sp³-hybridized carbons (Fsp3) is 0.125. The van der Waals surface area contributed by atoms with E-state index in [0.717, 1.165) is 21.1 Å². The minimum Gasteiger partial charge on any atom is -0.397 e. The molecular formula is C16H13N3OS. The predicted molar refractivity (Wildman–Crippen MR) is 87.3 cm³/mol. The number of aromatic nitrogens is 1. The van der Waals surface area contributed by atoms with E-state index >= 15 is 0 Å². The number of pyridine rings is 1. The molecule has 0 radical (unpaired) electrons. The molecule has 4 nitrogen and oxygen atoms in total. The predicted octanol–water partition coefficient (Wildman–Crippen LogP) is 2.74. The lowest BCUT2D eigenvalue weighted by Crippen LogP contribution is -2.26. The Labute approximate surface area is 126 Å². The van der Waals surface area contributed by atoms with Gasteiger partial charge in [-0.3, -0.25) is 4.79 Å². The lowest BCUT2D eigenvalue weighted by molar-refractivity contribution is 0.0818. The van der Waals surface area contributed by atoms with Gasteiger partial charge < -0.3 is 10.6 Å². The number of benzene rings is 1. The van der Waals surface area contributed by atoms with E-state index in [1.807, 2.05) is 30.3 Å². The van der Waals surface area contributed by atoms with Crippen LogP contribution in [0.15, 0.2) is 30.3 Å². The van der Waals surface area contributed by atoms with E-state index in [9.17, 15) is 4.79 Å². The standard InChI is InChI=1S/C16H13N3OS/c1-3-8-19(2)16(20)14-13(17)11-9-10-6-4-5-7-12(10)18-15(11)21-14/h1,4-7,9H,8,17H2,2H3. The Hall–Kier alpha value is -2.58. The smallest absolute Gasteiger partial charge is 0.266 e. The normalized spacial score (nSPS) is 10.7. The SMILES string of the molecule is C#CCN(C)C(=O)c1sc2nc3ccccc3cc2c1N. The monoisotopic (exact) mass is 295 g/mol. The van der Waals surface area contributed by atoms with Crippen molar-refractivity contribution >= 4 is 44.1 Å². The molecular weight excluding hydrogens is 282 g/mol. The first-order chi connectivity index (χ1) is 10.1. The molecule has 0 unspecified atom stereocenters. The summed E-state index contributed by atoms with van der Waals surface area (Å²) in [7, 11) is 1.66. The van der Waals surface area contributed by atoms with Gasteiger partial charge in [0.1, 0.15) is 9.71 Å². The number of anilines is 1. The maximum atomic E-state index is 12.4. The lowest BCUT2D eigenvalue weighted by Gasteiger charge is -2.12. The molecule has 0 aliphatic rings. The molecule has 0 atom stereocenters. The second-order valence-corrected chi connectivity index (χ2v) is 5.74. The molecule has 0 bridgehead atoms. The summed E-state index contributed by atoms with van der Waals surface area (Å²) in [6.07, 6.45) is 5.24. The van der Waals surface area contributed by atoms with E-state index in [2.05, 4.69) is 10.9 Å². The molecule has 0 saturated heterocycles. The Kier molecular flexibility index (Phi) is 3.24. The molecule has 0 fully saturated rings. The van der Waals surface area contributed by atoms with E-state index in [-0.39, 0.29) is 12.5 Å². The molecule has 0 saturated carbocycles. The highest BCUT2D eigenvalue weighted by molar-refractivity contribution is 7.21. The topological polar surface area (TPSA) is 59.2 Å². The number of hydrogen-bond acceptors (Lipinski definition) is 4. The number of para-hydroxylation sites is 1. The number of fused-ring (bicyclic) bond motifs is 2. The second-order valence-electron chi connectivity index (χ2n) is 4.74. The third kappa shape index (κ3) is 2.20. The molecule has 104 valence electrons. The fourth-order valence-electron chi connectivity index (χ4n) is 2.18. The van der Waals surface area contributed by atoms with E-state index < -0.39 is 0 Å². The van der Waals surface area contributed by atoms with Crippen LogP contribution in [0.25, 0.3) is 21.1 Å². The van der Waals surface area contributed by atoms with Gasteiger partial charge in [0.05, 0.1) is 17.7 Å². The lowest BCUT2D eigenvalue weighted by atomic mass is 10.1. The zero-order valence-electron chi connectivity index (χ0n) is 11.5. The van der Waals surface area contributed by atoms with Gasteiger partial charge >= 0.3 is 0 Å². The van der Waals surface area contributed by atoms with Crippen LogP contribution in [0.5, 0.6) is 0 Å². The Morgan fingerprint density at radius 3 is 3.00 bits per heavy atom. The zero-order valence-corrected chi connectivity index (χ0v) is 12.3. The summed E-state index contributed by atoms with van der Waals surface area (Å²) in [4.78, 5) is 19.7. The van der Waals surface area contributed by atoms with Crippen molar-refractivity contribution in [2.24, 2.45) is 0 Å². The third-order valence-corrected chi connectivity index (χ3v) is 4.40. The molecule has 1 amide bonds. The Morgan fingerprint density at radius 1 is 1.48 bits per heavy atom. The van der Waals surface area contributed by atoms with Gasteiger partial charge in [0, 0.05) is 17.8 Å². The van der Waals surface area contributed by atoms with Gasteiger partial charge in [-0.2, -0.15) is 0 Å². The van der Waals surface area contributed by atoms with Crippen molar-refractivity contribution in [2.45, 2.75) is 0 Å². The summed E-state index contributed by atoms with van der Waals surface area (Å²) in [5.74, 6) is 2.28. The summed E-state index contributed by atoms with van der Waals surface area (Å²) in [5, 5.41) is 1.82. The maximum Gasteiger partial charge on any atom is 0.266 e. The Balaban J connectivity index is 2.17. The summed E-state index contributed by atoms with van der Waals surface area (Å²) >= 11 is 1.31. The van der Waals surface area contributed by atoms with Crippen molar-refractivity contribution in [1.29, 1.82) is 0 Å². The molecule has 0 aliphatic heterocycles. The molecule has 3 aromatic rings. The summed E-state index contributed by atoms with van der Waals surface area (Å²) < 4.78 is 0. The number of nitrogens with two attached hydrogens (primary N) is 1. The minimum absolute atomic E-state index is 0.169. The number of carbonyl (C=O) groups is 1. The van der Waals surface area contributed by atoms with Gasteiger partial charge in [0.15, 0.2) is 0 Å². The Bertz CT molecular complexity index is 892. The summed E-state index contributed by atoms with van der Waals surface area (Å²) in [6, 6.07) is 9.78. The van der Waals surface area contributed by atoms with E-state index in [0.29, 0.717) is 10.6 Å². The fourth-order valence-corrected chi connectivity index (χ4v) is 3.26. The first-order valence-electron chi connectivity index (χ1n) is 6.38. The second kappa shape index (κ2) is 5.08. The van der Waals surface area contributed by atoms with Gasteiger partial charge in [-0.05, 0) is 12.1 Å². The molecule has 3 rings (SSSR count). The van der Waals surface area contributed by atoms with Crippen LogP contribution in [-0.4, -0.2) is 29.4 Å². The van der Waals surface area contributed by atoms with E-state index in [1.165, 1.54) is 16.2 Å². The summed E-state index contributed by atoms with van der Waals surface area (Å²) in [6.45, 7) is 0.252. The van der Waals surface area contributed by atoms with Crippen molar-refractivity contribution in [3.63, 3.8) is 0 Å². The van der Waals surface area contributed by atoms with Gasteiger partial charge in [0.25, 0.3) is 5.91 Å². The Morgan fingerprint density at radius 2 is 2.24 bits per heavy atom. The van der Waals surface area contributed by atoms with Crippen LogP contribution < -0.4 is 5.73 Å². The van der Waals surface area contributed by atoms with Gasteiger partial charge in [-0.25, -0.2) is 4.98 Å². The number of amides is 1. The molecule has 1 aromatic carbocycles. The van der Waals surface area contributed by atoms with Gasteiger partial charge in [-0.15, -0.1) is 17.8 Å². The average Bonchev–Trinajstić information content (AvgIpc) is 2.81. The largest absolute Gasteiger partial charge is 0.397 e. The average molecular weight is 295 g/mol. The van der Waals surface area contributed by atoms with E-state index in [1.54, 1.807) is 7.05 Å². The molecule has 0 spiro atoms. The number of terminal acetylenes is 1. The quantitative estimate of drug-likeness (QED) is 0.740. The van der Waals surface area contributed by atoms with Crippen LogP contribution in [0.3, 0.4) is 0 Å². The molecule has 2 N–H and O–H groups in total. The molecule has 0 aliphatic carbocycles. The van der Waals surface area contributed by atoms with Crippen molar-refractivity contribution in [3.05, 3.63) is 35.2 Å². The van der Waals surface area contributed by atoms with Crippen LogP contribution >= 0.6 is 11.3 Å². The van der Waals surface area contributed by atoms with Gasteiger partial charge in [-0.1, -0.05) is 24.1 Å². The number of carbonyl (C=O) groups excluding carboxylic acids is 1.